The molecule has 0 fully saturated rings. The zero-order valence-electron chi connectivity index (χ0n) is 5.97. The van der Waals surface area contributed by atoms with Gasteiger partial charge in [-0.1, -0.05) is 0 Å². The van der Waals surface area contributed by atoms with Crippen LogP contribution in [0.4, 0.5) is 13.2 Å². The Bertz CT molecular complexity index is 304. The number of hydrogen-bond donors (Lipinski definition) is 0. The fourth-order valence-electron chi connectivity index (χ4n) is 0.730. The van der Waals surface area contributed by atoms with E-state index in [1.165, 1.54) is 6.92 Å². The molecule has 6 heteroatoms. The van der Waals surface area contributed by atoms with Gasteiger partial charge in [0.1, 0.15) is 0 Å². The van der Waals surface area contributed by atoms with Gasteiger partial charge in [0.25, 0.3) is 0 Å². The first-order valence-electron chi connectivity index (χ1n) is 2.95. The Balaban J connectivity index is 3.16. The first-order valence-corrected chi connectivity index (χ1v) is 3.76. The van der Waals surface area contributed by atoms with Crippen molar-refractivity contribution in [2.45, 2.75) is 13.1 Å². The van der Waals surface area contributed by atoms with Crippen molar-refractivity contribution >= 4 is 17.6 Å². The zero-order chi connectivity index (χ0) is 9.35. The quantitative estimate of drug-likeness (QED) is 0.643. The number of nitrogens with zero attached hydrogens (tertiary/aromatic N) is 1. The number of aldehydes is 1. The molecule has 0 atom stereocenters. The van der Waals surface area contributed by atoms with Crippen LogP contribution in [-0.2, 0) is 6.18 Å². The Morgan fingerprint density at radius 1 is 1.50 bits per heavy atom. The third-order valence-electron chi connectivity index (χ3n) is 1.18. The summed E-state index contributed by atoms with van der Waals surface area (Å²) in [5, 5.41) is -0.139. The molecule has 0 N–H and O–H groups in total. The molecule has 1 aromatic heterocycles. The van der Waals surface area contributed by atoms with Crippen molar-refractivity contribution in [3.63, 3.8) is 0 Å². The van der Waals surface area contributed by atoms with Crippen LogP contribution < -0.4 is 0 Å². The van der Waals surface area contributed by atoms with E-state index in [0.29, 0.717) is 6.29 Å². The van der Waals surface area contributed by atoms with Gasteiger partial charge in [-0.05, 0) is 6.92 Å². The highest BCUT2D eigenvalue weighted by Gasteiger charge is 2.35. The molecule has 2 nitrogen and oxygen atoms in total. The number of carbonyl (C=O) groups is 1. The molecule has 0 aliphatic heterocycles. The molecule has 0 unspecified atom stereocenters. The lowest BCUT2D eigenvalue weighted by Crippen LogP contribution is -2.07. The number of thiazole rings is 1. The lowest BCUT2D eigenvalue weighted by atomic mass is 10.4. The van der Waals surface area contributed by atoms with Crippen molar-refractivity contribution in [3.8, 4) is 0 Å². The van der Waals surface area contributed by atoms with Gasteiger partial charge in [0.15, 0.2) is 17.0 Å². The van der Waals surface area contributed by atoms with Gasteiger partial charge in [-0.3, -0.25) is 4.79 Å². The molecule has 0 aromatic carbocycles. The molecule has 12 heavy (non-hydrogen) atoms. The lowest BCUT2D eigenvalue weighted by Gasteiger charge is -2.01. The van der Waals surface area contributed by atoms with Crippen molar-refractivity contribution in [1.29, 1.82) is 0 Å². The minimum atomic E-state index is -4.46. The van der Waals surface area contributed by atoms with E-state index in [9.17, 15) is 18.0 Å². The molecular weight excluding hydrogens is 191 g/mol. The van der Waals surface area contributed by atoms with Crippen molar-refractivity contribution in [1.82, 2.24) is 4.98 Å². The summed E-state index contributed by atoms with van der Waals surface area (Å²) in [6.07, 6.45) is -4.14. The van der Waals surface area contributed by atoms with Gasteiger partial charge >= 0.3 is 6.18 Å². The smallest absolute Gasteiger partial charge is 0.295 e. The van der Waals surface area contributed by atoms with Crippen molar-refractivity contribution in [2.75, 3.05) is 0 Å². The summed E-state index contributed by atoms with van der Waals surface area (Å²) < 4.78 is 36.1. The molecule has 1 rings (SSSR count). The summed E-state index contributed by atoms with van der Waals surface area (Å²) in [6, 6.07) is 0. The highest BCUT2D eigenvalue weighted by Crippen LogP contribution is 2.33. The average molecular weight is 195 g/mol. The number of alkyl halides is 3. The normalized spacial score (nSPS) is 11.7. The fraction of sp³-hybridized carbons (Fsp3) is 0.333. The first kappa shape index (κ1) is 9.18. The van der Waals surface area contributed by atoms with Crippen LogP contribution in [-0.4, -0.2) is 11.3 Å². The number of carbonyl (C=O) groups excluding carboxylic acids is 1. The molecule has 1 heterocycles. The topological polar surface area (TPSA) is 30.0 Å². The second kappa shape index (κ2) is 2.85. The van der Waals surface area contributed by atoms with Gasteiger partial charge in [-0.2, -0.15) is 13.2 Å². The predicted octanol–water partition coefficient (Wildman–Crippen LogP) is 2.28. The molecular formula is C6H4F3NOS. The van der Waals surface area contributed by atoms with Gasteiger partial charge in [0, 0.05) is 4.88 Å². The number of rotatable bonds is 1. The molecule has 0 saturated heterocycles. The lowest BCUT2D eigenvalue weighted by molar-refractivity contribution is -0.141. The number of aromatic nitrogens is 1. The Labute approximate surface area is 70.0 Å². The van der Waals surface area contributed by atoms with E-state index in [1.54, 1.807) is 0 Å². The van der Waals surface area contributed by atoms with Gasteiger partial charge in [0.2, 0.25) is 0 Å². The monoisotopic (exact) mass is 195 g/mol. The average Bonchev–Trinajstić information content (AvgIpc) is 2.29. The van der Waals surface area contributed by atoms with Gasteiger partial charge in [-0.15, -0.1) is 11.3 Å². The van der Waals surface area contributed by atoms with E-state index in [2.05, 4.69) is 4.98 Å². The molecule has 0 aliphatic carbocycles. The van der Waals surface area contributed by atoms with Crippen LogP contribution in [0, 0.1) is 6.92 Å². The van der Waals surface area contributed by atoms with E-state index in [0.717, 1.165) is 11.3 Å². The van der Waals surface area contributed by atoms with E-state index in [-0.39, 0.29) is 9.88 Å². The van der Waals surface area contributed by atoms with Crippen molar-refractivity contribution in [3.05, 3.63) is 15.6 Å². The minimum Gasteiger partial charge on any atom is -0.295 e. The molecule has 0 amide bonds. The number of aryl methyl sites for hydroxylation is 1. The molecule has 1 aromatic rings. The Morgan fingerprint density at radius 2 is 2.08 bits per heavy atom. The maximum atomic E-state index is 12.0. The van der Waals surface area contributed by atoms with Crippen LogP contribution in [0.15, 0.2) is 0 Å². The van der Waals surface area contributed by atoms with Crippen LogP contribution in [0.5, 0.6) is 0 Å². The summed E-state index contributed by atoms with van der Waals surface area (Å²) in [7, 11) is 0. The summed E-state index contributed by atoms with van der Waals surface area (Å²) in [4.78, 5) is 13.2. The summed E-state index contributed by atoms with van der Waals surface area (Å²) in [5.41, 5.74) is -0.963. The van der Waals surface area contributed by atoms with E-state index in [4.69, 9.17) is 0 Å². The van der Waals surface area contributed by atoms with Gasteiger partial charge in [-0.25, -0.2) is 4.98 Å². The second-order valence-corrected chi connectivity index (χ2v) is 3.31. The van der Waals surface area contributed by atoms with Crippen LogP contribution in [0.1, 0.15) is 20.4 Å². The highest BCUT2D eigenvalue weighted by atomic mass is 32.1. The van der Waals surface area contributed by atoms with Crippen LogP contribution >= 0.6 is 11.3 Å². The fourth-order valence-corrected chi connectivity index (χ4v) is 1.49. The molecule has 0 saturated carbocycles. The third-order valence-corrected chi connectivity index (χ3v) is 2.08. The van der Waals surface area contributed by atoms with E-state index in [1.807, 2.05) is 0 Å². The molecule has 0 radical (unpaired) electrons. The van der Waals surface area contributed by atoms with Gasteiger partial charge < -0.3 is 0 Å². The standard InChI is InChI=1S/C6H4F3NOS/c1-3-5(6(7,8)9)10-4(2-11)12-3/h2H,1H3. The Hall–Kier alpha value is -0.910. The molecule has 0 bridgehead atoms. The summed E-state index contributed by atoms with van der Waals surface area (Å²) in [6.45, 7) is 1.29. The third kappa shape index (κ3) is 1.63. The maximum absolute atomic E-state index is 12.0. The van der Waals surface area contributed by atoms with E-state index < -0.39 is 11.9 Å². The molecule has 0 spiro atoms. The van der Waals surface area contributed by atoms with Crippen molar-refractivity contribution < 1.29 is 18.0 Å². The predicted molar refractivity (Wildman–Crippen MR) is 37.2 cm³/mol. The van der Waals surface area contributed by atoms with Crippen molar-refractivity contribution in [2.24, 2.45) is 0 Å². The van der Waals surface area contributed by atoms with Crippen LogP contribution in [0.3, 0.4) is 0 Å². The van der Waals surface area contributed by atoms with Crippen LogP contribution in [0.2, 0.25) is 0 Å². The SMILES string of the molecule is Cc1sc(C=O)nc1C(F)(F)F. The number of hydrogen-bond acceptors (Lipinski definition) is 3. The second-order valence-electron chi connectivity index (χ2n) is 2.07. The van der Waals surface area contributed by atoms with Crippen LogP contribution in [0.25, 0.3) is 0 Å². The van der Waals surface area contributed by atoms with E-state index >= 15 is 0 Å². The zero-order valence-corrected chi connectivity index (χ0v) is 6.79. The van der Waals surface area contributed by atoms with Gasteiger partial charge in [0.05, 0.1) is 0 Å². The number of halogens is 3. The Kier molecular flexibility index (Phi) is 2.18. The Morgan fingerprint density at radius 3 is 2.33 bits per heavy atom. The summed E-state index contributed by atoms with van der Waals surface area (Å²) >= 11 is 0.742. The molecule has 66 valence electrons. The minimum absolute atomic E-state index is 0.0181. The first-order chi connectivity index (χ1) is 5.45. The highest BCUT2D eigenvalue weighted by molar-refractivity contribution is 7.13. The maximum Gasteiger partial charge on any atom is 0.434 e. The summed E-state index contributed by atoms with van der Waals surface area (Å²) in [5.74, 6) is 0. The largest absolute Gasteiger partial charge is 0.434 e. The molecule has 0 aliphatic rings.